The van der Waals surface area contributed by atoms with Gasteiger partial charge in [-0.15, -0.1) is 0 Å². The largest absolute Gasteiger partial charge is 0.374 e. The Morgan fingerprint density at radius 3 is 2.70 bits per heavy atom. The standard InChI is InChI=1S/C17H27BrN2/c1-4-10-19-13(2)16-9-8-15(11-17(16)18)20(3)12-14-6-5-7-14/h8-9,11,13-14,19H,4-7,10,12H2,1-3H3. The zero-order chi connectivity index (χ0) is 14.5. The predicted molar refractivity (Wildman–Crippen MR) is 91.5 cm³/mol. The van der Waals surface area contributed by atoms with Crippen LogP contribution in [0.4, 0.5) is 5.69 Å². The molecule has 1 N–H and O–H groups in total. The van der Waals surface area contributed by atoms with Gasteiger partial charge in [-0.25, -0.2) is 0 Å². The molecule has 0 aromatic heterocycles. The van der Waals surface area contributed by atoms with Gasteiger partial charge >= 0.3 is 0 Å². The van der Waals surface area contributed by atoms with E-state index in [1.807, 2.05) is 0 Å². The van der Waals surface area contributed by atoms with Gasteiger partial charge in [0, 0.05) is 29.8 Å². The number of hydrogen-bond acceptors (Lipinski definition) is 2. The van der Waals surface area contributed by atoms with Crippen LogP contribution in [0, 0.1) is 5.92 Å². The van der Waals surface area contributed by atoms with E-state index >= 15 is 0 Å². The Morgan fingerprint density at radius 2 is 2.15 bits per heavy atom. The first-order valence-electron chi connectivity index (χ1n) is 7.85. The number of nitrogens with one attached hydrogen (secondary N) is 1. The highest BCUT2D eigenvalue weighted by Gasteiger charge is 2.19. The van der Waals surface area contributed by atoms with Crippen molar-refractivity contribution in [1.29, 1.82) is 0 Å². The van der Waals surface area contributed by atoms with Crippen LogP contribution in [0.2, 0.25) is 0 Å². The summed E-state index contributed by atoms with van der Waals surface area (Å²) in [5, 5.41) is 3.54. The molecular weight excluding hydrogens is 312 g/mol. The van der Waals surface area contributed by atoms with Gasteiger partial charge in [0.15, 0.2) is 0 Å². The highest BCUT2D eigenvalue weighted by molar-refractivity contribution is 9.10. The Balaban J connectivity index is 2.00. The first kappa shape index (κ1) is 15.8. The Morgan fingerprint density at radius 1 is 1.40 bits per heavy atom. The Labute approximate surface area is 132 Å². The third-order valence-corrected chi connectivity index (χ3v) is 5.04. The molecule has 0 radical (unpaired) electrons. The number of halogens is 1. The van der Waals surface area contributed by atoms with Gasteiger partial charge in [0.25, 0.3) is 0 Å². The van der Waals surface area contributed by atoms with Gasteiger partial charge in [-0.05, 0) is 56.3 Å². The van der Waals surface area contributed by atoms with E-state index in [9.17, 15) is 0 Å². The summed E-state index contributed by atoms with van der Waals surface area (Å²) in [5.74, 6) is 0.906. The molecule has 1 unspecified atom stereocenters. The van der Waals surface area contributed by atoms with Gasteiger partial charge in [-0.1, -0.05) is 35.3 Å². The Hall–Kier alpha value is -0.540. The molecule has 112 valence electrons. The molecule has 0 heterocycles. The second-order valence-electron chi connectivity index (χ2n) is 6.06. The monoisotopic (exact) mass is 338 g/mol. The summed E-state index contributed by atoms with van der Waals surface area (Å²) >= 11 is 3.74. The molecule has 1 aliphatic carbocycles. The fourth-order valence-corrected chi connectivity index (χ4v) is 3.45. The average molecular weight is 339 g/mol. The van der Waals surface area contributed by atoms with Crippen molar-refractivity contribution in [2.75, 3.05) is 25.0 Å². The molecule has 3 heteroatoms. The maximum atomic E-state index is 3.74. The summed E-state index contributed by atoms with van der Waals surface area (Å²) in [6, 6.07) is 7.17. The van der Waals surface area contributed by atoms with E-state index in [0.717, 1.165) is 12.5 Å². The first-order valence-corrected chi connectivity index (χ1v) is 8.65. The molecule has 1 aliphatic rings. The molecule has 0 amide bonds. The molecule has 2 rings (SSSR count). The summed E-state index contributed by atoms with van der Waals surface area (Å²) in [4.78, 5) is 2.39. The van der Waals surface area contributed by atoms with Crippen LogP contribution in [-0.4, -0.2) is 20.1 Å². The minimum atomic E-state index is 0.398. The minimum absolute atomic E-state index is 0.398. The van der Waals surface area contributed by atoms with Crippen molar-refractivity contribution in [2.45, 2.75) is 45.6 Å². The second-order valence-corrected chi connectivity index (χ2v) is 6.91. The van der Waals surface area contributed by atoms with Crippen molar-refractivity contribution < 1.29 is 0 Å². The van der Waals surface area contributed by atoms with E-state index in [4.69, 9.17) is 0 Å². The molecule has 0 saturated heterocycles. The van der Waals surface area contributed by atoms with E-state index in [2.05, 4.69) is 65.2 Å². The van der Waals surface area contributed by atoms with Crippen molar-refractivity contribution in [3.8, 4) is 0 Å². The van der Waals surface area contributed by atoms with Crippen LogP contribution in [-0.2, 0) is 0 Å². The van der Waals surface area contributed by atoms with Crippen molar-refractivity contribution in [2.24, 2.45) is 5.92 Å². The maximum absolute atomic E-state index is 3.74. The molecule has 2 nitrogen and oxygen atoms in total. The van der Waals surface area contributed by atoms with Crippen LogP contribution in [0.5, 0.6) is 0 Å². The van der Waals surface area contributed by atoms with Crippen LogP contribution in [0.15, 0.2) is 22.7 Å². The van der Waals surface area contributed by atoms with Crippen molar-refractivity contribution >= 4 is 21.6 Å². The molecule has 1 saturated carbocycles. The van der Waals surface area contributed by atoms with Crippen LogP contribution >= 0.6 is 15.9 Å². The smallest absolute Gasteiger partial charge is 0.0375 e. The van der Waals surface area contributed by atoms with E-state index in [0.29, 0.717) is 6.04 Å². The summed E-state index contributed by atoms with van der Waals surface area (Å²) in [7, 11) is 2.21. The number of benzene rings is 1. The normalized spacial score (nSPS) is 16.8. The molecular formula is C17H27BrN2. The van der Waals surface area contributed by atoms with Crippen molar-refractivity contribution in [3.05, 3.63) is 28.2 Å². The number of hydrogen-bond donors (Lipinski definition) is 1. The third kappa shape index (κ3) is 3.98. The number of nitrogens with zero attached hydrogens (tertiary/aromatic N) is 1. The zero-order valence-corrected chi connectivity index (χ0v) is 14.5. The predicted octanol–water partition coefficient (Wildman–Crippen LogP) is 4.75. The van der Waals surface area contributed by atoms with E-state index in [1.165, 1.54) is 48.0 Å². The lowest BCUT2D eigenvalue weighted by atomic mass is 9.85. The fourth-order valence-electron chi connectivity index (χ4n) is 2.74. The highest BCUT2D eigenvalue weighted by Crippen LogP contribution is 2.31. The van der Waals surface area contributed by atoms with Crippen molar-refractivity contribution in [3.63, 3.8) is 0 Å². The van der Waals surface area contributed by atoms with Crippen LogP contribution < -0.4 is 10.2 Å². The lowest BCUT2D eigenvalue weighted by molar-refractivity contribution is 0.321. The molecule has 0 spiro atoms. The van der Waals surface area contributed by atoms with Crippen LogP contribution in [0.1, 0.15) is 51.1 Å². The SMILES string of the molecule is CCCNC(C)c1ccc(N(C)CC2CCC2)cc1Br. The van der Waals surface area contributed by atoms with Crippen LogP contribution in [0.3, 0.4) is 0 Å². The van der Waals surface area contributed by atoms with E-state index in [1.54, 1.807) is 0 Å². The summed E-state index contributed by atoms with van der Waals surface area (Å²) in [6.45, 7) is 6.69. The summed E-state index contributed by atoms with van der Waals surface area (Å²) in [5.41, 5.74) is 2.66. The van der Waals surface area contributed by atoms with Crippen molar-refractivity contribution in [1.82, 2.24) is 5.32 Å². The maximum Gasteiger partial charge on any atom is 0.0375 e. The molecule has 1 aromatic carbocycles. The molecule has 1 fully saturated rings. The summed E-state index contributed by atoms with van der Waals surface area (Å²) in [6.07, 6.45) is 5.40. The third-order valence-electron chi connectivity index (χ3n) is 4.35. The molecule has 20 heavy (non-hydrogen) atoms. The number of anilines is 1. The molecule has 1 atom stereocenters. The molecule has 1 aromatic rings. The molecule has 0 aliphatic heterocycles. The zero-order valence-electron chi connectivity index (χ0n) is 13.0. The van der Waals surface area contributed by atoms with Gasteiger partial charge < -0.3 is 10.2 Å². The fraction of sp³-hybridized carbons (Fsp3) is 0.647. The Kier molecular flexibility index (Phi) is 5.91. The van der Waals surface area contributed by atoms with Gasteiger partial charge in [0.2, 0.25) is 0 Å². The number of rotatable bonds is 7. The molecule has 0 bridgehead atoms. The highest BCUT2D eigenvalue weighted by atomic mass is 79.9. The summed E-state index contributed by atoms with van der Waals surface area (Å²) < 4.78 is 1.21. The quantitative estimate of drug-likeness (QED) is 0.771. The lowest BCUT2D eigenvalue weighted by Gasteiger charge is -2.31. The first-order chi connectivity index (χ1) is 9.61. The van der Waals surface area contributed by atoms with E-state index in [-0.39, 0.29) is 0 Å². The second kappa shape index (κ2) is 7.46. The van der Waals surface area contributed by atoms with E-state index < -0.39 is 0 Å². The van der Waals surface area contributed by atoms with Gasteiger partial charge in [-0.3, -0.25) is 0 Å². The average Bonchev–Trinajstić information content (AvgIpc) is 2.39. The lowest BCUT2D eigenvalue weighted by Crippen LogP contribution is -2.29. The topological polar surface area (TPSA) is 15.3 Å². The van der Waals surface area contributed by atoms with Gasteiger partial charge in [0.05, 0.1) is 0 Å². The van der Waals surface area contributed by atoms with Crippen LogP contribution in [0.25, 0.3) is 0 Å². The minimum Gasteiger partial charge on any atom is -0.374 e. The van der Waals surface area contributed by atoms with Gasteiger partial charge in [-0.2, -0.15) is 0 Å². The van der Waals surface area contributed by atoms with Gasteiger partial charge in [0.1, 0.15) is 0 Å². The Bertz CT molecular complexity index is 429.